The number of nitrogens with zero attached hydrogens (tertiary/aromatic N) is 5. The van der Waals surface area contributed by atoms with Crippen LogP contribution in [0.1, 0.15) is 5.56 Å². The average Bonchev–Trinajstić information content (AvgIpc) is 3.14. The van der Waals surface area contributed by atoms with Crippen LogP contribution in [0.4, 0.5) is 8.78 Å². The second kappa shape index (κ2) is 7.35. The molecule has 0 spiro atoms. The normalized spacial score (nSPS) is 11.5. The molecule has 0 bridgehead atoms. The maximum Gasteiger partial charge on any atom is 0.261 e. The van der Waals surface area contributed by atoms with Crippen LogP contribution in [0.2, 0.25) is 0 Å². The lowest BCUT2D eigenvalue weighted by atomic mass is 10.00. The number of rotatable bonds is 3. The highest BCUT2D eigenvalue weighted by Crippen LogP contribution is 2.31. The molecule has 9 heteroatoms. The first kappa shape index (κ1) is 19.5. The first-order chi connectivity index (χ1) is 14.9. The molecule has 154 valence electrons. The highest BCUT2D eigenvalue weighted by atomic mass is 79.9. The smallest absolute Gasteiger partial charge is 0.261 e. The van der Waals surface area contributed by atoms with Crippen LogP contribution in [0.25, 0.3) is 32.9 Å². The Balaban J connectivity index is 1.60. The van der Waals surface area contributed by atoms with Gasteiger partial charge < -0.3 is 4.57 Å². The van der Waals surface area contributed by atoms with Crippen LogP contribution in [0.15, 0.2) is 64.5 Å². The van der Waals surface area contributed by atoms with E-state index in [4.69, 9.17) is 0 Å². The van der Waals surface area contributed by atoms with E-state index in [9.17, 15) is 4.79 Å². The van der Waals surface area contributed by atoms with E-state index in [1.165, 1.54) is 35.4 Å². The summed E-state index contributed by atoms with van der Waals surface area (Å²) in [4.78, 5) is 20.7. The third-order valence-electron chi connectivity index (χ3n) is 5.14. The van der Waals surface area contributed by atoms with Gasteiger partial charge in [-0.1, -0.05) is 12.1 Å². The van der Waals surface area contributed by atoms with E-state index in [-0.39, 0.29) is 17.5 Å². The van der Waals surface area contributed by atoms with Crippen molar-refractivity contribution in [2.45, 2.75) is 6.54 Å². The van der Waals surface area contributed by atoms with E-state index in [1.807, 2.05) is 12.3 Å². The lowest BCUT2D eigenvalue weighted by Crippen LogP contribution is -2.22. The molecule has 0 radical (unpaired) electrons. The van der Waals surface area contributed by atoms with Gasteiger partial charge in [-0.15, -0.1) is 0 Å². The quantitative estimate of drug-likeness (QED) is 0.382. The molecule has 0 fully saturated rings. The Kier molecular flexibility index (Phi) is 4.62. The lowest BCUT2D eigenvalue weighted by molar-refractivity contribution is 0.543. The number of pyridine rings is 1. The van der Waals surface area contributed by atoms with Crippen LogP contribution in [-0.2, 0) is 13.6 Å². The van der Waals surface area contributed by atoms with Crippen LogP contribution >= 0.6 is 15.9 Å². The number of hydrogen-bond donors (Lipinski definition) is 0. The molecule has 6 nitrogen and oxygen atoms in total. The highest BCUT2D eigenvalue weighted by Gasteiger charge is 2.17. The fourth-order valence-corrected chi connectivity index (χ4v) is 4.26. The average molecular weight is 482 g/mol. The summed E-state index contributed by atoms with van der Waals surface area (Å²) in [7, 11) is 1.79. The summed E-state index contributed by atoms with van der Waals surface area (Å²) in [5.74, 6) is -1.47. The number of benzene rings is 2. The summed E-state index contributed by atoms with van der Waals surface area (Å²) >= 11 is 3.35. The second-order valence-corrected chi connectivity index (χ2v) is 8.01. The number of fused-ring (bicyclic) bond motifs is 2. The fourth-order valence-electron chi connectivity index (χ4n) is 3.70. The Hall–Kier alpha value is -3.46. The zero-order valence-corrected chi connectivity index (χ0v) is 17.8. The molecule has 0 saturated heterocycles. The topological polar surface area (TPSA) is 65.6 Å². The van der Waals surface area contributed by atoms with Crippen LogP contribution in [0.5, 0.6) is 0 Å². The SMILES string of the molecule is Cn1cc2c(-c3cc(F)c(Cn4cc(Br)c5ncncc5c4=O)c(F)c3)cccc2n1. The van der Waals surface area contributed by atoms with Gasteiger partial charge in [-0.2, -0.15) is 5.10 Å². The Morgan fingerprint density at radius 2 is 1.87 bits per heavy atom. The molecule has 3 aromatic heterocycles. The van der Waals surface area contributed by atoms with Crippen LogP contribution in [0, 0.1) is 11.6 Å². The van der Waals surface area contributed by atoms with Gasteiger partial charge in [0.15, 0.2) is 0 Å². The van der Waals surface area contributed by atoms with Crippen molar-refractivity contribution in [1.82, 2.24) is 24.3 Å². The van der Waals surface area contributed by atoms with Gasteiger partial charge in [0.2, 0.25) is 0 Å². The summed E-state index contributed by atoms with van der Waals surface area (Å²) in [5, 5.41) is 5.40. The van der Waals surface area contributed by atoms with Gasteiger partial charge in [0.1, 0.15) is 18.0 Å². The number of halogens is 3. The van der Waals surface area contributed by atoms with E-state index in [1.54, 1.807) is 23.9 Å². The van der Waals surface area contributed by atoms with Crippen LogP contribution in [0.3, 0.4) is 0 Å². The van der Waals surface area contributed by atoms with Crippen molar-refractivity contribution in [2.24, 2.45) is 7.05 Å². The molecule has 0 unspecified atom stereocenters. The van der Waals surface area contributed by atoms with Gasteiger partial charge in [0.25, 0.3) is 5.56 Å². The van der Waals surface area contributed by atoms with Gasteiger partial charge in [0.05, 0.1) is 27.4 Å². The predicted molar refractivity (Wildman–Crippen MR) is 117 cm³/mol. The zero-order valence-electron chi connectivity index (χ0n) is 16.2. The third-order valence-corrected chi connectivity index (χ3v) is 5.72. The van der Waals surface area contributed by atoms with Gasteiger partial charge >= 0.3 is 0 Å². The number of aromatic nitrogens is 5. The largest absolute Gasteiger partial charge is 0.309 e. The number of aryl methyl sites for hydroxylation is 1. The van der Waals surface area contributed by atoms with E-state index in [0.717, 1.165) is 10.9 Å². The molecule has 31 heavy (non-hydrogen) atoms. The highest BCUT2D eigenvalue weighted by molar-refractivity contribution is 9.10. The molecule has 0 saturated carbocycles. The molecular formula is C22H14BrF2N5O. The van der Waals surface area contributed by atoms with Crippen molar-refractivity contribution in [3.05, 3.63) is 87.3 Å². The van der Waals surface area contributed by atoms with E-state index in [0.29, 0.717) is 21.1 Å². The summed E-state index contributed by atoms with van der Waals surface area (Å²) in [6, 6.07) is 7.99. The van der Waals surface area contributed by atoms with Crippen molar-refractivity contribution in [1.29, 1.82) is 0 Å². The third kappa shape index (κ3) is 3.31. The van der Waals surface area contributed by atoms with Crippen molar-refractivity contribution < 1.29 is 8.78 Å². The van der Waals surface area contributed by atoms with Gasteiger partial charge in [0, 0.05) is 36.6 Å². The van der Waals surface area contributed by atoms with Gasteiger partial charge in [-0.3, -0.25) is 9.48 Å². The Morgan fingerprint density at radius 1 is 1.10 bits per heavy atom. The predicted octanol–water partition coefficient (Wildman–Crippen LogP) is 4.43. The number of hydrogen-bond acceptors (Lipinski definition) is 4. The van der Waals surface area contributed by atoms with Crippen molar-refractivity contribution >= 4 is 37.7 Å². The molecule has 0 N–H and O–H groups in total. The van der Waals surface area contributed by atoms with Gasteiger partial charge in [-0.25, -0.2) is 18.7 Å². The maximum atomic E-state index is 15.0. The fraction of sp³-hybridized carbons (Fsp3) is 0.0909. The Bertz CT molecular complexity index is 1520. The molecule has 0 atom stereocenters. The molecule has 3 heterocycles. The van der Waals surface area contributed by atoms with Crippen molar-refractivity contribution in [3.8, 4) is 11.1 Å². The van der Waals surface area contributed by atoms with Crippen molar-refractivity contribution in [3.63, 3.8) is 0 Å². The summed E-state index contributed by atoms with van der Waals surface area (Å²) < 4.78 is 33.5. The summed E-state index contributed by atoms with van der Waals surface area (Å²) in [6.07, 6.45) is 6.00. The molecule has 2 aromatic carbocycles. The summed E-state index contributed by atoms with van der Waals surface area (Å²) in [5.41, 5.74) is 1.63. The first-order valence-electron chi connectivity index (χ1n) is 9.31. The first-order valence-corrected chi connectivity index (χ1v) is 10.1. The second-order valence-electron chi connectivity index (χ2n) is 7.15. The molecule has 0 aliphatic rings. The standard InChI is InChI=1S/C22H14BrF2N5O/c1-29-8-15-13(3-2-4-20(15)28-29)12-5-18(24)16(19(25)6-12)9-30-10-17(23)21-14(22(30)31)7-26-11-27-21/h2-8,10-11H,9H2,1H3. The minimum Gasteiger partial charge on any atom is -0.309 e. The van der Waals surface area contributed by atoms with E-state index < -0.39 is 17.2 Å². The summed E-state index contributed by atoms with van der Waals surface area (Å²) in [6.45, 7) is -0.267. The van der Waals surface area contributed by atoms with Crippen LogP contribution in [-0.4, -0.2) is 24.3 Å². The van der Waals surface area contributed by atoms with E-state index >= 15 is 8.78 Å². The van der Waals surface area contributed by atoms with E-state index in [2.05, 4.69) is 31.0 Å². The van der Waals surface area contributed by atoms with Crippen molar-refractivity contribution in [2.75, 3.05) is 0 Å². The van der Waals surface area contributed by atoms with Gasteiger partial charge in [-0.05, 0) is 45.3 Å². The Morgan fingerprint density at radius 3 is 2.65 bits per heavy atom. The minimum atomic E-state index is -0.733. The van der Waals surface area contributed by atoms with Crippen LogP contribution < -0.4 is 5.56 Å². The Labute approximate surface area is 182 Å². The monoisotopic (exact) mass is 481 g/mol. The lowest BCUT2D eigenvalue weighted by Gasteiger charge is -2.12. The molecule has 5 aromatic rings. The molecular weight excluding hydrogens is 468 g/mol. The maximum absolute atomic E-state index is 15.0. The molecule has 5 rings (SSSR count). The minimum absolute atomic E-state index is 0.202. The molecule has 0 amide bonds. The molecule has 0 aliphatic carbocycles. The molecule has 0 aliphatic heterocycles. The zero-order chi connectivity index (χ0) is 21.7.